The van der Waals surface area contributed by atoms with E-state index in [1.54, 1.807) is 12.1 Å². The summed E-state index contributed by atoms with van der Waals surface area (Å²) < 4.78 is 0. The van der Waals surface area contributed by atoms with E-state index in [-0.39, 0.29) is 36.1 Å². The highest BCUT2D eigenvalue weighted by Crippen LogP contribution is 2.12. The number of nitrogens with zero attached hydrogens (tertiary/aromatic N) is 3. The Balaban J connectivity index is 1.61. The van der Waals surface area contributed by atoms with E-state index in [1.807, 2.05) is 0 Å². The molecule has 0 fully saturated rings. The number of aromatic nitrogens is 4. The van der Waals surface area contributed by atoms with Crippen LogP contribution >= 0.6 is 0 Å². The summed E-state index contributed by atoms with van der Waals surface area (Å²) in [5, 5.41) is 23.2. The van der Waals surface area contributed by atoms with Crippen LogP contribution in [0.4, 0.5) is 5.69 Å². The molecule has 0 spiro atoms. The average molecular weight is 426 g/mol. The van der Waals surface area contributed by atoms with Gasteiger partial charge in [0, 0.05) is 17.7 Å². The van der Waals surface area contributed by atoms with Gasteiger partial charge in [0.1, 0.15) is 6.04 Å². The van der Waals surface area contributed by atoms with E-state index < -0.39 is 29.4 Å². The smallest absolute Gasteiger partial charge is 0.326 e. The van der Waals surface area contributed by atoms with Crippen LogP contribution in [0.1, 0.15) is 28.9 Å². The lowest BCUT2D eigenvalue weighted by Crippen LogP contribution is -2.41. The second-order valence-electron chi connectivity index (χ2n) is 6.49. The van der Waals surface area contributed by atoms with Crippen molar-refractivity contribution < 1.29 is 24.6 Å². The number of carboxylic acid groups (broad SMARTS) is 2. The molecule has 3 rings (SSSR count). The standard InChI is InChI=1S/C19H18N6O6/c26-14(27)6-5-13(19(30)31)25-17(28)10-1-3-11(4-2-10)20-7-12-8-21-16-15(24-12)18(29)23-9-22-16/h1-4,8-9,13,20H,5-7H2,(H,25,28)(H,26,27)(H,30,31)(H,21,22,23,29)/t13-/m0/s1. The number of hydrogen-bond acceptors (Lipinski definition) is 8. The van der Waals surface area contributed by atoms with Crippen LogP contribution in [0, 0.1) is 0 Å². The zero-order chi connectivity index (χ0) is 22.4. The number of anilines is 1. The number of aromatic amines is 1. The lowest BCUT2D eigenvalue weighted by atomic mass is 10.1. The Morgan fingerprint density at radius 2 is 1.84 bits per heavy atom. The summed E-state index contributed by atoms with van der Waals surface area (Å²) in [5.74, 6) is -3.08. The van der Waals surface area contributed by atoms with Crippen LogP contribution in [0.3, 0.4) is 0 Å². The van der Waals surface area contributed by atoms with Crippen molar-refractivity contribution in [1.29, 1.82) is 0 Å². The summed E-state index contributed by atoms with van der Waals surface area (Å²) >= 11 is 0. The van der Waals surface area contributed by atoms with Crippen molar-refractivity contribution in [3.8, 4) is 0 Å². The highest BCUT2D eigenvalue weighted by atomic mass is 16.4. The van der Waals surface area contributed by atoms with Gasteiger partial charge in [-0.15, -0.1) is 0 Å². The molecule has 0 unspecified atom stereocenters. The minimum atomic E-state index is -1.31. The Morgan fingerprint density at radius 1 is 1.10 bits per heavy atom. The van der Waals surface area contributed by atoms with Crippen molar-refractivity contribution in [2.45, 2.75) is 25.4 Å². The fourth-order valence-corrected chi connectivity index (χ4v) is 2.67. The van der Waals surface area contributed by atoms with Gasteiger partial charge in [0.15, 0.2) is 11.2 Å². The minimum absolute atomic E-state index is 0.129. The second-order valence-corrected chi connectivity index (χ2v) is 6.49. The highest BCUT2D eigenvalue weighted by molar-refractivity contribution is 5.96. The number of nitrogens with one attached hydrogen (secondary N) is 3. The van der Waals surface area contributed by atoms with Crippen LogP contribution < -0.4 is 16.2 Å². The van der Waals surface area contributed by atoms with Gasteiger partial charge in [-0.2, -0.15) is 0 Å². The van der Waals surface area contributed by atoms with Crippen LogP contribution in [0.25, 0.3) is 11.2 Å². The summed E-state index contributed by atoms with van der Waals surface area (Å²) in [6.07, 6.45) is 2.15. The molecule has 12 nitrogen and oxygen atoms in total. The molecule has 1 amide bonds. The molecule has 0 bridgehead atoms. The first-order valence-electron chi connectivity index (χ1n) is 9.12. The molecular formula is C19H18N6O6. The third kappa shape index (κ3) is 5.59. The molecule has 3 aromatic rings. The lowest BCUT2D eigenvalue weighted by Gasteiger charge is -2.14. The molecule has 0 saturated heterocycles. The molecule has 0 radical (unpaired) electrons. The number of amides is 1. The Morgan fingerprint density at radius 3 is 2.52 bits per heavy atom. The van der Waals surface area contributed by atoms with Gasteiger partial charge in [-0.1, -0.05) is 0 Å². The van der Waals surface area contributed by atoms with E-state index in [2.05, 4.69) is 30.6 Å². The van der Waals surface area contributed by atoms with Gasteiger partial charge >= 0.3 is 11.9 Å². The van der Waals surface area contributed by atoms with Crippen molar-refractivity contribution in [1.82, 2.24) is 25.3 Å². The van der Waals surface area contributed by atoms with Crippen LogP contribution in [-0.2, 0) is 16.1 Å². The van der Waals surface area contributed by atoms with Crippen LogP contribution in [0.5, 0.6) is 0 Å². The molecule has 12 heteroatoms. The highest BCUT2D eigenvalue weighted by Gasteiger charge is 2.21. The first-order valence-corrected chi connectivity index (χ1v) is 9.12. The zero-order valence-corrected chi connectivity index (χ0v) is 16.0. The van der Waals surface area contributed by atoms with Crippen molar-refractivity contribution >= 4 is 34.7 Å². The minimum Gasteiger partial charge on any atom is -0.481 e. The van der Waals surface area contributed by atoms with E-state index in [0.717, 1.165) is 0 Å². The third-order valence-electron chi connectivity index (χ3n) is 4.27. The van der Waals surface area contributed by atoms with Gasteiger partial charge in [0.25, 0.3) is 11.5 Å². The summed E-state index contributed by atoms with van der Waals surface area (Å²) in [4.78, 5) is 60.5. The van der Waals surface area contributed by atoms with E-state index in [9.17, 15) is 19.2 Å². The van der Waals surface area contributed by atoms with E-state index in [0.29, 0.717) is 11.4 Å². The molecule has 0 saturated carbocycles. The maximum Gasteiger partial charge on any atom is 0.326 e. The van der Waals surface area contributed by atoms with Crippen molar-refractivity contribution in [3.05, 3.63) is 58.4 Å². The first kappa shape index (κ1) is 21.4. The number of fused-ring (bicyclic) bond motifs is 1. The molecule has 31 heavy (non-hydrogen) atoms. The largest absolute Gasteiger partial charge is 0.481 e. The maximum absolute atomic E-state index is 12.3. The van der Waals surface area contributed by atoms with E-state index >= 15 is 0 Å². The summed E-state index contributed by atoms with van der Waals surface area (Å²) in [7, 11) is 0. The van der Waals surface area contributed by atoms with E-state index in [4.69, 9.17) is 10.2 Å². The third-order valence-corrected chi connectivity index (χ3v) is 4.27. The predicted octanol–water partition coefficient (Wildman–Crippen LogP) is 0.373. The predicted molar refractivity (Wildman–Crippen MR) is 107 cm³/mol. The fourth-order valence-electron chi connectivity index (χ4n) is 2.67. The van der Waals surface area contributed by atoms with Gasteiger partial charge in [0.2, 0.25) is 0 Å². The molecule has 0 aliphatic heterocycles. The number of carbonyl (C=O) groups is 3. The topological polar surface area (TPSA) is 187 Å². The van der Waals surface area contributed by atoms with Gasteiger partial charge in [-0.3, -0.25) is 14.4 Å². The first-order chi connectivity index (χ1) is 14.8. The van der Waals surface area contributed by atoms with Crippen LogP contribution in [-0.4, -0.2) is 54.0 Å². The molecule has 5 N–H and O–H groups in total. The Bertz CT molecular complexity index is 1180. The molecular weight excluding hydrogens is 408 g/mol. The van der Waals surface area contributed by atoms with Gasteiger partial charge in [-0.25, -0.2) is 19.7 Å². The van der Waals surface area contributed by atoms with Gasteiger partial charge in [-0.05, 0) is 30.7 Å². The van der Waals surface area contributed by atoms with Crippen molar-refractivity contribution in [3.63, 3.8) is 0 Å². The number of H-pyrrole nitrogens is 1. The molecule has 0 aliphatic carbocycles. The SMILES string of the molecule is O=C(O)CC[C@H](NC(=O)c1ccc(NCc2cnc3nc[nH]c(=O)c3n2)cc1)C(=O)O. The second kappa shape index (κ2) is 9.43. The van der Waals surface area contributed by atoms with Gasteiger partial charge < -0.3 is 25.8 Å². The Kier molecular flexibility index (Phi) is 6.50. The maximum atomic E-state index is 12.3. The molecule has 1 atom stereocenters. The number of rotatable bonds is 9. The molecule has 1 aromatic carbocycles. The zero-order valence-electron chi connectivity index (χ0n) is 16.0. The number of carbonyl (C=O) groups excluding carboxylic acids is 1. The van der Waals surface area contributed by atoms with E-state index in [1.165, 1.54) is 24.7 Å². The quantitative estimate of drug-likeness (QED) is 0.320. The molecule has 160 valence electrons. The van der Waals surface area contributed by atoms with Gasteiger partial charge in [0.05, 0.1) is 24.8 Å². The monoisotopic (exact) mass is 426 g/mol. The molecule has 0 aliphatic rings. The number of aliphatic carboxylic acids is 2. The molecule has 2 heterocycles. The molecule has 2 aromatic heterocycles. The van der Waals surface area contributed by atoms with Crippen LogP contribution in [0.15, 0.2) is 41.6 Å². The number of benzene rings is 1. The fraction of sp³-hybridized carbons (Fsp3) is 0.211. The Labute approximate surface area is 174 Å². The van der Waals surface area contributed by atoms with Crippen molar-refractivity contribution in [2.75, 3.05) is 5.32 Å². The summed E-state index contributed by atoms with van der Waals surface area (Å²) in [5.41, 5.74) is 1.36. The number of carboxylic acids is 2. The Hall–Kier alpha value is -4.35. The summed E-state index contributed by atoms with van der Waals surface area (Å²) in [6.45, 7) is 0.263. The van der Waals surface area contributed by atoms with Crippen molar-refractivity contribution in [2.24, 2.45) is 0 Å². The normalized spacial score (nSPS) is 11.6. The summed E-state index contributed by atoms with van der Waals surface area (Å²) in [6, 6.07) is 4.92. The average Bonchev–Trinajstić information content (AvgIpc) is 2.75. The lowest BCUT2D eigenvalue weighted by molar-refractivity contribution is -0.140. The number of hydrogen-bond donors (Lipinski definition) is 5. The van der Waals surface area contributed by atoms with Crippen LogP contribution in [0.2, 0.25) is 0 Å².